The number of alkyl halides is 3. The molecule has 0 radical (unpaired) electrons. The zero-order chi connectivity index (χ0) is 11.9. The molecule has 0 aromatic carbocycles. The van der Waals surface area contributed by atoms with E-state index < -0.39 is 5.51 Å². The van der Waals surface area contributed by atoms with Crippen LogP contribution in [0.3, 0.4) is 0 Å². The van der Waals surface area contributed by atoms with Crippen LogP contribution < -0.4 is 11.1 Å². The standard InChI is InChI=1S/C8H15F3N2OS.ClH/c1-6(12)2-3-7(14)13-4-5-15-8(9,10)11;/h6H,2-5,12H2,1H3,(H,13,14);1H. The smallest absolute Gasteiger partial charge is 0.355 e. The molecule has 0 saturated heterocycles. The molecule has 0 aliphatic rings. The zero-order valence-corrected chi connectivity index (χ0v) is 10.5. The molecule has 0 aliphatic carbocycles. The SMILES string of the molecule is CC(N)CCC(=O)NCCSC(F)(F)F.Cl. The number of hydrogen-bond acceptors (Lipinski definition) is 3. The third-order valence-corrected chi connectivity index (χ3v) is 2.25. The van der Waals surface area contributed by atoms with Crippen molar-refractivity contribution in [1.82, 2.24) is 5.32 Å². The molecule has 0 heterocycles. The fraction of sp³-hybridized carbons (Fsp3) is 0.875. The Kier molecular flexibility index (Phi) is 10.2. The summed E-state index contributed by atoms with van der Waals surface area (Å²) in [5.41, 5.74) is 1.19. The number of hydrogen-bond donors (Lipinski definition) is 2. The van der Waals surface area contributed by atoms with E-state index in [9.17, 15) is 18.0 Å². The van der Waals surface area contributed by atoms with E-state index in [4.69, 9.17) is 5.73 Å². The van der Waals surface area contributed by atoms with E-state index in [1.807, 2.05) is 0 Å². The molecule has 0 fully saturated rings. The van der Waals surface area contributed by atoms with Crippen molar-refractivity contribution in [2.45, 2.75) is 31.3 Å². The molecular weight excluding hydrogens is 265 g/mol. The van der Waals surface area contributed by atoms with E-state index in [0.29, 0.717) is 6.42 Å². The van der Waals surface area contributed by atoms with E-state index in [-0.39, 0.29) is 54.8 Å². The second-order valence-electron chi connectivity index (χ2n) is 3.16. The maximum atomic E-state index is 11.7. The molecule has 1 amide bonds. The molecule has 0 aromatic heterocycles. The number of carbonyl (C=O) groups excluding carboxylic acids is 1. The first-order valence-electron chi connectivity index (χ1n) is 4.54. The Hall–Kier alpha value is -0.140. The van der Waals surface area contributed by atoms with Crippen LogP contribution in [0.4, 0.5) is 13.2 Å². The van der Waals surface area contributed by atoms with Crippen molar-refractivity contribution >= 4 is 30.1 Å². The van der Waals surface area contributed by atoms with Crippen molar-refractivity contribution in [1.29, 1.82) is 0 Å². The fourth-order valence-electron chi connectivity index (χ4n) is 0.804. The van der Waals surface area contributed by atoms with Crippen LogP contribution in [-0.4, -0.2) is 29.8 Å². The Morgan fingerprint density at radius 2 is 2.06 bits per heavy atom. The molecule has 98 valence electrons. The van der Waals surface area contributed by atoms with Gasteiger partial charge in [0, 0.05) is 24.8 Å². The Labute approximate surface area is 103 Å². The summed E-state index contributed by atoms with van der Waals surface area (Å²) in [7, 11) is 0. The van der Waals surface area contributed by atoms with Crippen molar-refractivity contribution in [3.8, 4) is 0 Å². The van der Waals surface area contributed by atoms with Crippen molar-refractivity contribution in [2.75, 3.05) is 12.3 Å². The maximum absolute atomic E-state index is 11.7. The van der Waals surface area contributed by atoms with Gasteiger partial charge in [-0.25, -0.2) is 0 Å². The highest BCUT2D eigenvalue weighted by Crippen LogP contribution is 2.29. The topological polar surface area (TPSA) is 55.1 Å². The quantitative estimate of drug-likeness (QED) is 0.731. The highest BCUT2D eigenvalue weighted by molar-refractivity contribution is 8.00. The van der Waals surface area contributed by atoms with Gasteiger partial charge in [-0.2, -0.15) is 13.2 Å². The lowest BCUT2D eigenvalue weighted by Gasteiger charge is -2.07. The van der Waals surface area contributed by atoms with Crippen LogP contribution in [0.1, 0.15) is 19.8 Å². The zero-order valence-electron chi connectivity index (χ0n) is 8.84. The van der Waals surface area contributed by atoms with Crippen LogP contribution >= 0.6 is 24.2 Å². The van der Waals surface area contributed by atoms with Crippen LogP contribution in [0.2, 0.25) is 0 Å². The van der Waals surface area contributed by atoms with Crippen molar-refractivity contribution in [3.05, 3.63) is 0 Å². The van der Waals surface area contributed by atoms with Gasteiger partial charge in [-0.3, -0.25) is 4.79 Å². The van der Waals surface area contributed by atoms with Gasteiger partial charge in [-0.05, 0) is 25.1 Å². The van der Waals surface area contributed by atoms with Crippen LogP contribution in [0.15, 0.2) is 0 Å². The molecule has 1 unspecified atom stereocenters. The van der Waals surface area contributed by atoms with Gasteiger partial charge in [0.05, 0.1) is 0 Å². The lowest BCUT2D eigenvalue weighted by Crippen LogP contribution is -2.28. The minimum Gasteiger partial charge on any atom is -0.355 e. The van der Waals surface area contributed by atoms with Gasteiger partial charge in [-0.15, -0.1) is 12.4 Å². The van der Waals surface area contributed by atoms with Crippen molar-refractivity contribution < 1.29 is 18.0 Å². The van der Waals surface area contributed by atoms with Gasteiger partial charge in [0.15, 0.2) is 0 Å². The first-order valence-corrected chi connectivity index (χ1v) is 5.53. The monoisotopic (exact) mass is 280 g/mol. The van der Waals surface area contributed by atoms with E-state index in [1.54, 1.807) is 6.92 Å². The average Bonchev–Trinajstić information content (AvgIpc) is 2.07. The van der Waals surface area contributed by atoms with E-state index >= 15 is 0 Å². The molecule has 16 heavy (non-hydrogen) atoms. The molecule has 0 bridgehead atoms. The van der Waals surface area contributed by atoms with Crippen molar-refractivity contribution in [3.63, 3.8) is 0 Å². The summed E-state index contributed by atoms with van der Waals surface area (Å²) in [5, 5.41) is 2.40. The summed E-state index contributed by atoms with van der Waals surface area (Å²) < 4.78 is 35.0. The number of nitrogens with one attached hydrogen (secondary N) is 1. The third kappa shape index (κ3) is 13.9. The number of nitrogens with two attached hydrogens (primary N) is 1. The molecule has 0 rings (SSSR count). The lowest BCUT2D eigenvalue weighted by molar-refractivity contribution is -0.121. The van der Waals surface area contributed by atoms with E-state index in [1.165, 1.54) is 0 Å². The number of carbonyl (C=O) groups is 1. The second kappa shape index (κ2) is 8.95. The summed E-state index contributed by atoms with van der Waals surface area (Å²) in [6.07, 6.45) is 0.798. The van der Waals surface area contributed by atoms with Gasteiger partial charge < -0.3 is 11.1 Å². The van der Waals surface area contributed by atoms with Gasteiger partial charge in [0.2, 0.25) is 5.91 Å². The summed E-state index contributed by atoms with van der Waals surface area (Å²) in [5.74, 6) is -0.414. The Bertz CT molecular complexity index is 202. The number of rotatable bonds is 6. The van der Waals surface area contributed by atoms with Gasteiger partial charge >= 0.3 is 5.51 Å². The molecule has 8 heteroatoms. The molecule has 1 atom stereocenters. The van der Waals surface area contributed by atoms with Crippen molar-refractivity contribution in [2.24, 2.45) is 5.73 Å². The van der Waals surface area contributed by atoms with Gasteiger partial charge in [0.25, 0.3) is 0 Å². The molecule has 3 N–H and O–H groups in total. The number of thioether (sulfide) groups is 1. The van der Waals surface area contributed by atoms with Crippen LogP contribution in [0.5, 0.6) is 0 Å². The van der Waals surface area contributed by atoms with Crippen LogP contribution in [0, 0.1) is 0 Å². The minimum atomic E-state index is -4.23. The van der Waals surface area contributed by atoms with E-state index in [2.05, 4.69) is 5.32 Å². The Morgan fingerprint density at radius 3 is 2.50 bits per heavy atom. The number of halogens is 4. The highest BCUT2D eigenvalue weighted by Gasteiger charge is 2.27. The van der Waals surface area contributed by atoms with Crippen LogP contribution in [-0.2, 0) is 4.79 Å². The van der Waals surface area contributed by atoms with Gasteiger partial charge in [0.1, 0.15) is 0 Å². The van der Waals surface area contributed by atoms with Gasteiger partial charge in [-0.1, -0.05) is 0 Å². The normalized spacial score (nSPS) is 12.8. The highest BCUT2D eigenvalue weighted by atomic mass is 35.5. The number of amides is 1. The predicted octanol–water partition coefficient (Wildman–Crippen LogP) is 1.90. The molecule has 0 saturated carbocycles. The molecule has 0 spiro atoms. The summed E-state index contributed by atoms with van der Waals surface area (Å²) in [6.45, 7) is 1.80. The first-order chi connectivity index (χ1) is 6.81. The average molecular weight is 281 g/mol. The molecule has 3 nitrogen and oxygen atoms in total. The van der Waals surface area contributed by atoms with E-state index in [0.717, 1.165) is 0 Å². The minimum absolute atomic E-state index is 0. The maximum Gasteiger partial charge on any atom is 0.441 e. The largest absolute Gasteiger partial charge is 0.441 e. The fourth-order valence-corrected chi connectivity index (χ4v) is 1.24. The Morgan fingerprint density at radius 1 is 1.50 bits per heavy atom. The third-order valence-electron chi connectivity index (χ3n) is 1.52. The van der Waals surface area contributed by atoms with Crippen LogP contribution in [0.25, 0.3) is 0 Å². The molecular formula is C8H16ClF3N2OS. The molecule has 0 aromatic rings. The molecule has 0 aliphatic heterocycles. The lowest BCUT2D eigenvalue weighted by atomic mass is 10.2. The first kappa shape index (κ1) is 18.2. The second-order valence-corrected chi connectivity index (χ2v) is 4.32. The summed E-state index contributed by atoms with van der Waals surface area (Å²) in [6, 6.07) is -0.0692. The summed E-state index contributed by atoms with van der Waals surface area (Å²) >= 11 is -0.139. The Balaban J connectivity index is 0. The predicted molar refractivity (Wildman–Crippen MR) is 61.7 cm³/mol. The summed E-state index contributed by atoms with van der Waals surface area (Å²) in [4.78, 5) is 11.0.